The van der Waals surface area contributed by atoms with Crippen molar-refractivity contribution in [3.63, 3.8) is 0 Å². The summed E-state index contributed by atoms with van der Waals surface area (Å²) < 4.78 is 0. The van der Waals surface area contributed by atoms with Gasteiger partial charge in [0.1, 0.15) is 6.17 Å². The lowest BCUT2D eigenvalue weighted by molar-refractivity contribution is -0.117. The molecule has 1 aliphatic heterocycles. The Morgan fingerprint density at radius 2 is 1.61 bits per heavy atom. The first-order valence-electron chi connectivity index (χ1n) is 12.4. The molecule has 31 heavy (non-hydrogen) atoms. The van der Waals surface area contributed by atoms with Crippen molar-refractivity contribution in [2.24, 2.45) is 4.99 Å². The van der Waals surface area contributed by atoms with Crippen LogP contribution in [0.4, 0.5) is 5.69 Å². The molecule has 2 saturated carbocycles. The summed E-state index contributed by atoms with van der Waals surface area (Å²) in [6, 6.07) is 9.61. The maximum absolute atomic E-state index is 12.9. The van der Waals surface area contributed by atoms with Gasteiger partial charge in [-0.3, -0.25) is 14.7 Å². The van der Waals surface area contributed by atoms with Crippen molar-refractivity contribution >= 4 is 28.5 Å². The van der Waals surface area contributed by atoms with Gasteiger partial charge in [0.25, 0.3) is 0 Å². The molecule has 3 fully saturated rings. The fraction of sp³-hybridized carbons (Fsp3) is 0.692. The van der Waals surface area contributed by atoms with E-state index in [9.17, 15) is 4.79 Å². The number of hydrogen-bond donors (Lipinski definition) is 0. The number of rotatable bonds is 5. The van der Waals surface area contributed by atoms with Crippen LogP contribution in [0, 0.1) is 0 Å². The maximum atomic E-state index is 12.9. The molecule has 3 aliphatic rings. The quantitative estimate of drug-likeness (QED) is 0.519. The maximum Gasteiger partial charge on any atom is 0.225 e. The van der Waals surface area contributed by atoms with Crippen LogP contribution in [-0.2, 0) is 4.79 Å². The molecular weight excluding hydrogens is 402 g/mol. The molecule has 0 spiro atoms. The Kier molecular flexibility index (Phi) is 7.63. The SMILES string of the molecule is CC(=O)N(c1ccc(C(C)C)cc1)C1CSC(=NC2CCCCC2)N1C1CCCCC1. The largest absolute Gasteiger partial charge is 0.327 e. The summed E-state index contributed by atoms with van der Waals surface area (Å²) in [5, 5.41) is 1.20. The molecule has 1 unspecified atom stereocenters. The highest BCUT2D eigenvalue weighted by Crippen LogP contribution is 2.37. The number of nitrogens with zero attached hydrogens (tertiary/aromatic N) is 3. The van der Waals surface area contributed by atoms with Gasteiger partial charge >= 0.3 is 0 Å². The first kappa shape index (κ1) is 22.7. The third-order valence-corrected chi connectivity index (χ3v) is 8.25. The van der Waals surface area contributed by atoms with Crippen LogP contribution in [-0.4, -0.2) is 40.0 Å². The van der Waals surface area contributed by atoms with Crippen LogP contribution < -0.4 is 4.90 Å². The van der Waals surface area contributed by atoms with Gasteiger partial charge in [-0.1, -0.05) is 76.3 Å². The van der Waals surface area contributed by atoms with E-state index in [2.05, 4.69) is 43.0 Å². The van der Waals surface area contributed by atoms with E-state index in [-0.39, 0.29) is 12.1 Å². The minimum absolute atomic E-state index is 0.0674. The zero-order chi connectivity index (χ0) is 21.8. The predicted octanol–water partition coefficient (Wildman–Crippen LogP) is 6.56. The highest BCUT2D eigenvalue weighted by molar-refractivity contribution is 8.14. The topological polar surface area (TPSA) is 35.9 Å². The first-order chi connectivity index (χ1) is 15.0. The summed E-state index contributed by atoms with van der Waals surface area (Å²) in [5.41, 5.74) is 2.33. The van der Waals surface area contributed by atoms with Crippen LogP contribution in [0.2, 0.25) is 0 Å². The van der Waals surface area contributed by atoms with Gasteiger partial charge < -0.3 is 4.90 Å². The monoisotopic (exact) mass is 441 g/mol. The predicted molar refractivity (Wildman–Crippen MR) is 133 cm³/mol. The van der Waals surface area contributed by atoms with Gasteiger partial charge in [-0.2, -0.15) is 0 Å². The fourth-order valence-corrected chi connectivity index (χ4v) is 6.69. The Balaban J connectivity index is 1.64. The van der Waals surface area contributed by atoms with Gasteiger partial charge in [0, 0.05) is 24.4 Å². The van der Waals surface area contributed by atoms with Crippen LogP contribution in [0.25, 0.3) is 0 Å². The van der Waals surface area contributed by atoms with Crippen molar-refractivity contribution in [1.82, 2.24) is 4.90 Å². The molecule has 0 radical (unpaired) electrons. The number of amidine groups is 1. The lowest BCUT2D eigenvalue weighted by atomic mass is 9.94. The second kappa shape index (κ2) is 10.4. The molecule has 1 aromatic carbocycles. The number of amides is 1. The van der Waals surface area contributed by atoms with Gasteiger partial charge in [0.2, 0.25) is 5.91 Å². The van der Waals surface area contributed by atoms with E-state index in [1.54, 1.807) is 6.92 Å². The molecule has 1 heterocycles. The van der Waals surface area contributed by atoms with Crippen LogP contribution in [0.15, 0.2) is 29.3 Å². The van der Waals surface area contributed by atoms with Crippen molar-refractivity contribution in [2.45, 2.75) is 109 Å². The number of benzene rings is 1. The Labute approximate surface area is 192 Å². The number of carbonyl (C=O) groups is 1. The van der Waals surface area contributed by atoms with Gasteiger partial charge in [0.15, 0.2) is 5.17 Å². The summed E-state index contributed by atoms with van der Waals surface area (Å²) >= 11 is 1.88. The molecule has 0 N–H and O–H groups in total. The molecule has 4 nitrogen and oxygen atoms in total. The van der Waals surface area contributed by atoms with Crippen molar-refractivity contribution in [3.05, 3.63) is 29.8 Å². The Morgan fingerprint density at radius 3 is 2.19 bits per heavy atom. The van der Waals surface area contributed by atoms with Crippen LogP contribution in [0.1, 0.15) is 96.5 Å². The fourth-order valence-electron chi connectivity index (χ4n) is 5.44. The Morgan fingerprint density at radius 1 is 1.00 bits per heavy atom. The normalized spacial score (nSPS) is 24.8. The molecular formula is C26H39N3OS. The summed E-state index contributed by atoms with van der Waals surface area (Å²) in [6.07, 6.45) is 12.8. The summed E-state index contributed by atoms with van der Waals surface area (Å²) in [7, 11) is 0. The number of thioether (sulfide) groups is 1. The third-order valence-electron chi connectivity index (χ3n) is 7.21. The van der Waals surface area contributed by atoms with E-state index in [1.807, 2.05) is 16.7 Å². The van der Waals surface area contributed by atoms with E-state index >= 15 is 0 Å². The van der Waals surface area contributed by atoms with Crippen LogP contribution >= 0.6 is 11.8 Å². The smallest absolute Gasteiger partial charge is 0.225 e. The number of carbonyl (C=O) groups excluding carboxylic acids is 1. The number of aliphatic imine (C=N–C) groups is 1. The van der Waals surface area contributed by atoms with Gasteiger partial charge in [0.05, 0.1) is 6.04 Å². The second-order valence-corrected chi connectivity index (χ2v) is 10.8. The van der Waals surface area contributed by atoms with Gasteiger partial charge in [-0.25, -0.2) is 0 Å². The van der Waals surface area contributed by atoms with Gasteiger partial charge in [-0.05, 0) is 49.3 Å². The Bertz CT molecular complexity index is 763. The third kappa shape index (κ3) is 5.30. The molecule has 0 bridgehead atoms. The van der Waals surface area contributed by atoms with Crippen molar-refractivity contribution < 1.29 is 4.79 Å². The molecule has 4 rings (SSSR count). The molecule has 0 aromatic heterocycles. The summed E-state index contributed by atoms with van der Waals surface area (Å²) in [6.45, 7) is 6.14. The molecule has 1 saturated heterocycles. The van der Waals surface area contributed by atoms with Crippen molar-refractivity contribution in [2.75, 3.05) is 10.7 Å². The van der Waals surface area contributed by atoms with Crippen LogP contribution in [0.3, 0.4) is 0 Å². The lowest BCUT2D eigenvalue weighted by Gasteiger charge is -2.41. The van der Waals surface area contributed by atoms with E-state index < -0.39 is 0 Å². The molecule has 1 aromatic rings. The minimum atomic E-state index is 0.0674. The molecule has 1 atom stereocenters. The molecule has 5 heteroatoms. The molecule has 2 aliphatic carbocycles. The second-order valence-electron chi connectivity index (χ2n) is 9.83. The van der Waals surface area contributed by atoms with E-state index in [0.717, 1.165) is 11.4 Å². The minimum Gasteiger partial charge on any atom is -0.327 e. The average Bonchev–Trinajstić information content (AvgIpc) is 3.18. The number of anilines is 1. The van der Waals surface area contributed by atoms with Crippen molar-refractivity contribution in [1.29, 1.82) is 0 Å². The van der Waals surface area contributed by atoms with Crippen molar-refractivity contribution in [3.8, 4) is 0 Å². The van der Waals surface area contributed by atoms with E-state index in [0.29, 0.717) is 18.0 Å². The standard InChI is InChI=1S/C26H39N3OS/c1-19(2)21-14-16-24(17-15-21)28(20(3)30)25-18-31-26(27-22-10-6-4-7-11-22)29(25)23-12-8-5-9-13-23/h14-17,19,22-23,25H,4-13,18H2,1-3H3. The lowest BCUT2D eigenvalue weighted by Crippen LogP contribution is -2.54. The first-order valence-corrected chi connectivity index (χ1v) is 13.4. The Hall–Kier alpha value is -1.49. The van der Waals surface area contributed by atoms with Gasteiger partial charge in [-0.15, -0.1) is 0 Å². The number of hydrogen-bond acceptors (Lipinski definition) is 3. The highest BCUT2D eigenvalue weighted by atomic mass is 32.2. The van der Waals surface area contributed by atoms with E-state index in [4.69, 9.17) is 4.99 Å². The zero-order valence-corrected chi connectivity index (χ0v) is 20.4. The zero-order valence-electron chi connectivity index (χ0n) is 19.6. The molecule has 170 valence electrons. The van der Waals surface area contributed by atoms with Crippen LogP contribution in [0.5, 0.6) is 0 Å². The summed E-state index contributed by atoms with van der Waals surface area (Å²) in [5.74, 6) is 1.53. The average molecular weight is 442 g/mol. The molecule has 1 amide bonds. The highest BCUT2D eigenvalue weighted by Gasteiger charge is 2.41. The summed E-state index contributed by atoms with van der Waals surface area (Å²) in [4.78, 5) is 22.8. The van der Waals surface area contributed by atoms with E-state index in [1.165, 1.54) is 74.9 Å².